The molecule has 0 amide bonds. The molecule has 1 aromatic carbocycles. The topological polar surface area (TPSA) is 77.4 Å². The van der Waals surface area contributed by atoms with Gasteiger partial charge in [0.05, 0.1) is 31.0 Å². The lowest BCUT2D eigenvalue weighted by Gasteiger charge is -2.46. The first-order valence-corrected chi connectivity index (χ1v) is 19.1. The summed E-state index contributed by atoms with van der Waals surface area (Å²) in [7, 11) is -2.02. The molecular formula is C35H62O6Si. The van der Waals surface area contributed by atoms with Crippen molar-refractivity contribution in [3.63, 3.8) is 0 Å². The Kier molecular flexibility index (Phi) is 14.5. The van der Waals surface area contributed by atoms with E-state index in [9.17, 15) is 10.2 Å². The number of hydrogen-bond acceptors (Lipinski definition) is 6. The van der Waals surface area contributed by atoms with Crippen LogP contribution in [0.5, 0.6) is 0 Å². The van der Waals surface area contributed by atoms with Crippen molar-refractivity contribution >= 4 is 8.32 Å². The lowest BCUT2D eigenvalue weighted by atomic mass is 9.89. The maximum absolute atomic E-state index is 11.1. The lowest BCUT2D eigenvalue weighted by Crippen LogP contribution is -2.50. The summed E-state index contributed by atoms with van der Waals surface area (Å²) >= 11 is 0. The van der Waals surface area contributed by atoms with Crippen LogP contribution in [0.25, 0.3) is 0 Å². The number of rotatable bonds is 17. The van der Waals surface area contributed by atoms with Crippen LogP contribution in [0.4, 0.5) is 0 Å². The molecule has 2 heterocycles. The smallest absolute Gasteiger partial charge is 0.200 e. The molecule has 1 spiro atoms. The van der Waals surface area contributed by atoms with Crippen LogP contribution in [0.2, 0.25) is 16.6 Å². The minimum absolute atomic E-state index is 0.0999. The van der Waals surface area contributed by atoms with Gasteiger partial charge >= 0.3 is 0 Å². The van der Waals surface area contributed by atoms with Crippen LogP contribution in [-0.2, 0) is 25.2 Å². The highest BCUT2D eigenvalue weighted by atomic mass is 28.4. The summed E-state index contributed by atoms with van der Waals surface area (Å²) in [6.07, 6.45) is 7.93. The molecular weight excluding hydrogens is 544 g/mol. The standard InChI is InChI=1S/C35H62O6Si/c1-26(2)42(27(3)4,28(5)6)39-24-29(7)34(37)33(36)23-32-19-14-21-35(41-32)20-13-18-31(40-35)17-11-12-22-38-25-30-15-9-8-10-16-30/h8-10,15-16,26-29,31-34,36-37H,11-14,17-25H2,1-7H3/t29-,31-,32+,33-,34-,35+/m1/s1. The second-order valence-electron chi connectivity index (χ2n) is 14.1. The monoisotopic (exact) mass is 606 g/mol. The lowest BCUT2D eigenvalue weighted by molar-refractivity contribution is -0.318. The van der Waals surface area contributed by atoms with Crippen molar-refractivity contribution in [1.82, 2.24) is 0 Å². The molecule has 2 aliphatic heterocycles. The van der Waals surface area contributed by atoms with E-state index in [1.54, 1.807) is 0 Å². The van der Waals surface area contributed by atoms with Crippen LogP contribution in [0, 0.1) is 5.92 Å². The number of benzene rings is 1. The van der Waals surface area contributed by atoms with Gasteiger partial charge < -0.3 is 28.8 Å². The van der Waals surface area contributed by atoms with Crippen molar-refractivity contribution in [3.8, 4) is 0 Å². The third-order valence-corrected chi connectivity index (χ3v) is 16.0. The quantitative estimate of drug-likeness (QED) is 0.138. The molecule has 2 fully saturated rings. The van der Waals surface area contributed by atoms with E-state index in [-0.39, 0.29) is 18.1 Å². The van der Waals surface area contributed by atoms with Crippen LogP contribution in [-0.4, -0.2) is 61.9 Å². The van der Waals surface area contributed by atoms with Crippen molar-refractivity contribution in [3.05, 3.63) is 35.9 Å². The molecule has 3 rings (SSSR count). The minimum Gasteiger partial charge on any atom is -0.416 e. The molecule has 242 valence electrons. The Bertz CT molecular complexity index is 854. The van der Waals surface area contributed by atoms with Crippen molar-refractivity contribution in [1.29, 1.82) is 0 Å². The highest BCUT2D eigenvalue weighted by molar-refractivity contribution is 6.77. The third-order valence-electron chi connectivity index (χ3n) is 9.89. The fourth-order valence-electron chi connectivity index (χ4n) is 7.68. The zero-order chi connectivity index (χ0) is 30.8. The van der Waals surface area contributed by atoms with Gasteiger partial charge in [0.2, 0.25) is 0 Å². The van der Waals surface area contributed by atoms with Crippen LogP contribution in [0.3, 0.4) is 0 Å². The predicted molar refractivity (Wildman–Crippen MR) is 173 cm³/mol. The number of hydrogen-bond donors (Lipinski definition) is 2. The zero-order valence-corrected chi connectivity index (χ0v) is 28.7. The summed E-state index contributed by atoms with van der Waals surface area (Å²) in [5.74, 6) is -0.681. The number of aliphatic hydroxyl groups excluding tert-OH is 2. The molecule has 0 aromatic heterocycles. The van der Waals surface area contributed by atoms with Gasteiger partial charge in [-0.15, -0.1) is 0 Å². The zero-order valence-electron chi connectivity index (χ0n) is 27.7. The average Bonchev–Trinajstić information content (AvgIpc) is 2.94. The van der Waals surface area contributed by atoms with Crippen molar-refractivity contribution < 1.29 is 28.8 Å². The van der Waals surface area contributed by atoms with Gasteiger partial charge in [0, 0.05) is 38.4 Å². The maximum atomic E-state index is 11.1. The van der Waals surface area contributed by atoms with E-state index in [0.29, 0.717) is 36.3 Å². The Morgan fingerprint density at radius 1 is 0.857 bits per heavy atom. The number of unbranched alkanes of at least 4 members (excludes halogenated alkanes) is 1. The first kappa shape index (κ1) is 35.7. The highest BCUT2D eigenvalue weighted by Crippen LogP contribution is 2.43. The second-order valence-corrected chi connectivity index (χ2v) is 19.6. The van der Waals surface area contributed by atoms with Gasteiger partial charge in [0.1, 0.15) is 0 Å². The Labute approximate surface area is 258 Å². The van der Waals surface area contributed by atoms with E-state index in [2.05, 4.69) is 53.7 Å². The summed E-state index contributed by atoms with van der Waals surface area (Å²) < 4.78 is 25.8. The fourth-order valence-corrected chi connectivity index (χ4v) is 13.2. The molecule has 2 saturated heterocycles. The van der Waals surface area contributed by atoms with Gasteiger partial charge in [-0.2, -0.15) is 0 Å². The Hall–Kier alpha value is -0.803. The predicted octanol–water partition coefficient (Wildman–Crippen LogP) is 8.15. The maximum Gasteiger partial charge on any atom is 0.200 e. The van der Waals surface area contributed by atoms with E-state index >= 15 is 0 Å². The molecule has 0 radical (unpaired) electrons. The highest BCUT2D eigenvalue weighted by Gasteiger charge is 2.46. The van der Waals surface area contributed by atoms with Gasteiger partial charge in [0.15, 0.2) is 14.1 Å². The van der Waals surface area contributed by atoms with Crippen LogP contribution in [0.15, 0.2) is 30.3 Å². The van der Waals surface area contributed by atoms with Crippen LogP contribution < -0.4 is 0 Å². The molecule has 42 heavy (non-hydrogen) atoms. The molecule has 7 heteroatoms. The van der Waals surface area contributed by atoms with E-state index in [1.165, 1.54) is 5.56 Å². The van der Waals surface area contributed by atoms with Gasteiger partial charge in [0.25, 0.3) is 0 Å². The molecule has 2 aliphatic rings. The molecule has 0 aliphatic carbocycles. The molecule has 6 atom stereocenters. The Morgan fingerprint density at radius 2 is 1.45 bits per heavy atom. The summed E-state index contributed by atoms with van der Waals surface area (Å²) in [6, 6.07) is 10.3. The molecule has 6 nitrogen and oxygen atoms in total. The van der Waals surface area contributed by atoms with Gasteiger partial charge in [-0.3, -0.25) is 0 Å². The van der Waals surface area contributed by atoms with Crippen LogP contribution >= 0.6 is 0 Å². The first-order chi connectivity index (χ1) is 20.0. The third kappa shape index (κ3) is 9.85. The number of ether oxygens (including phenoxy) is 3. The van der Waals surface area contributed by atoms with Crippen molar-refractivity contribution in [2.45, 2.75) is 166 Å². The molecule has 2 N–H and O–H groups in total. The normalized spacial score (nSPS) is 25.8. The van der Waals surface area contributed by atoms with E-state index in [0.717, 1.165) is 64.4 Å². The largest absolute Gasteiger partial charge is 0.416 e. The first-order valence-electron chi connectivity index (χ1n) is 17.0. The van der Waals surface area contributed by atoms with E-state index in [1.807, 2.05) is 25.1 Å². The molecule has 0 unspecified atom stereocenters. The summed E-state index contributed by atoms with van der Waals surface area (Å²) in [6.45, 7) is 17.6. The summed E-state index contributed by atoms with van der Waals surface area (Å²) in [5, 5.41) is 22.2. The summed E-state index contributed by atoms with van der Waals surface area (Å²) in [5.41, 5.74) is 2.69. The molecule has 1 aromatic rings. The van der Waals surface area contributed by atoms with Gasteiger partial charge in [-0.1, -0.05) is 78.8 Å². The summed E-state index contributed by atoms with van der Waals surface area (Å²) in [4.78, 5) is 0. The number of aliphatic hydroxyl groups is 2. The van der Waals surface area contributed by atoms with Gasteiger partial charge in [-0.05, 0) is 67.1 Å². The molecule has 0 bridgehead atoms. The van der Waals surface area contributed by atoms with E-state index < -0.39 is 26.3 Å². The Morgan fingerprint density at radius 3 is 2.07 bits per heavy atom. The van der Waals surface area contributed by atoms with Gasteiger partial charge in [-0.25, -0.2) is 0 Å². The average molecular weight is 607 g/mol. The van der Waals surface area contributed by atoms with Crippen molar-refractivity contribution in [2.75, 3.05) is 13.2 Å². The van der Waals surface area contributed by atoms with E-state index in [4.69, 9.17) is 18.6 Å². The fraction of sp³-hybridized carbons (Fsp3) is 0.829. The van der Waals surface area contributed by atoms with Crippen molar-refractivity contribution in [2.24, 2.45) is 5.92 Å². The SMILES string of the molecule is CC(C)[Si](OC[C@@H](C)[C@@H](O)[C@H](O)C[C@@H]1CCC[C@]2(CCC[C@@H](CCCCOCc3ccccc3)O2)O1)(C(C)C)C(C)C. The second kappa shape index (κ2) is 17.0. The Balaban J connectivity index is 1.42. The van der Waals surface area contributed by atoms with Crippen LogP contribution in [0.1, 0.15) is 118 Å². The minimum atomic E-state index is -2.02. The molecule has 0 saturated carbocycles.